The number of nitro groups is 1. The lowest BCUT2D eigenvalue weighted by Gasteiger charge is -2.31. The Labute approximate surface area is 287 Å². The third-order valence-corrected chi connectivity index (χ3v) is 12.4. The zero-order chi connectivity index (χ0) is 35.4. The number of aromatic nitrogens is 5. The lowest BCUT2D eigenvalue weighted by atomic mass is 9.82. The number of hydrogen-bond acceptors (Lipinski definition) is 9. The number of anilines is 1. The van der Waals surface area contributed by atoms with Crippen molar-refractivity contribution in [2.24, 2.45) is 5.92 Å². The van der Waals surface area contributed by atoms with Crippen LogP contribution in [-0.2, 0) is 34.6 Å². The maximum atomic E-state index is 16.3. The summed E-state index contributed by atoms with van der Waals surface area (Å²) in [6, 6.07) is 18.6. The monoisotopic (exact) mass is 697 g/mol. The highest BCUT2D eigenvalue weighted by Crippen LogP contribution is 2.60. The molecule has 7 rings (SSSR count). The Hall–Kier alpha value is -5.12. The molecule has 4 heterocycles. The normalized spacial score (nSPS) is 21.7. The molecule has 50 heavy (non-hydrogen) atoms. The van der Waals surface area contributed by atoms with E-state index in [9.17, 15) is 24.8 Å². The highest BCUT2D eigenvalue weighted by molar-refractivity contribution is 6.72. The molecule has 1 saturated heterocycles. The first-order valence-electron chi connectivity index (χ1n) is 16.5. The number of aliphatic hydroxyl groups excluding tert-OH is 1. The van der Waals surface area contributed by atoms with E-state index in [4.69, 9.17) is 4.74 Å². The molecule has 1 fully saturated rings. The number of nitro benzene ring substituents is 1. The van der Waals surface area contributed by atoms with Crippen LogP contribution in [0, 0.1) is 16.0 Å². The van der Waals surface area contributed by atoms with Crippen LogP contribution in [0.2, 0.25) is 18.6 Å². The average Bonchev–Trinajstić information content (AvgIpc) is 3.74. The summed E-state index contributed by atoms with van der Waals surface area (Å²) in [7, 11) is -3.49. The summed E-state index contributed by atoms with van der Waals surface area (Å²) in [4.78, 5) is 41.1. The zero-order valence-corrected chi connectivity index (χ0v) is 28.8. The molecule has 13 nitrogen and oxygen atoms in total. The van der Waals surface area contributed by atoms with Gasteiger partial charge in [-0.25, -0.2) is 0 Å². The van der Waals surface area contributed by atoms with Gasteiger partial charge in [0.25, 0.3) is 17.2 Å². The zero-order valence-electron chi connectivity index (χ0n) is 27.8. The number of rotatable bonds is 10. The predicted octanol–water partition coefficient (Wildman–Crippen LogP) is 4.83. The molecule has 0 unspecified atom stereocenters. The van der Waals surface area contributed by atoms with Crippen LogP contribution in [0.4, 0.5) is 15.5 Å². The van der Waals surface area contributed by atoms with E-state index < -0.39 is 42.4 Å². The second kappa shape index (κ2) is 12.6. The number of non-ortho nitro benzene ring substituents is 1. The summed E-state index contributed by atoms with van der Waals surface area (Å²) in [6.07, 6.45) is 3.33. The molecule has 5 aromatic rings. The third kappa shape index (κ3) is 5.60. The van der Waals surface area contributed by atoms with E-state index in [-0.39, 0.29) is 24.4 Å². The summed E-state index contributed by atoms with van der Waals surface area (Å²) in [6.45, 7) is 5.33. The van der Waals surface area contributed by atoms with Crippen LogP contribution in [0.5, 0.6) is 0 Å². The number of aliphatic hydroxyl groups is 1. The number of ether oxygens (including phenoxy) is 1. The highest BCUT2D eigenvalue weighted by Gasteiger charge is 2.66. The van der Waals surface area contributed by atoms with Crippen LogP contribution in [0.15, 0.2) is 83.9 Å². The molecular weight excluding hydrogens is 662 g/mol. The molecule has 0 aliphatic carbocycles. The largest absolute Gasteiger partial charge is 0.396 e. The van der Waals surface area contributed by atoms with Gasteiger partial charge in [0, 0.05) is 60.3 Å². The van der Waals surface area contributed by atoms with E-state index in [1.54, 1.807) is 73.5 Å². The van der Waals surface area contributed by atoms with E-state index in [1.807, 2.05) is 18.2 Å². The Balaban J connectivity index is 1.25. The SMILES string of the molecule is C[C@@H]1[C@@H]([Si](C)(C)F)[C@H](CCn2cc(CCO)nn2)O[C@@]12C(=O)N(Cc1cccc(-n3ncc4ccccc4c3=O)c1)c1ccc([N+](=O)[O-])cc12. The molecule has 2 aromatic heterocycles. The van der Waals surface area contributed by atoms with Gasteiger partial charge in [-0.05, 0) is 49.3 Å². The number of aryl methyl sites for hydroxylation is 1. The van der Waals surface area contributed by atoms with Crippen molar-refractivity contribution >= 4 is 36.5 Å². The van der Waals surface area contributed by atoms with Crippen molar-refractivity contribution in [3.05, 3.63) is 116 Å². The van der Waals surface area contributed by atoms with Crippen LogP contribution in [0.3, 0.4) is 0 Å². The smallest absolute Gasteiger partial charge is 0.279 e. The van der Waals surface area contributed by atoms with Crippen molar-refractivity contribution < 1.29 is 23.7 Å². The van der Waals surface area contributed by atoms with Crippen LogP contribution in [0.25, 0.3) is 16.5 Å². The second-order valence-electron chi connectivity index (χ2n) is 13.5. The van der Waals surface area contributed by atoms with Gasteiger partial charge in [0.05, 0.1) is 46.2 Å². The molecule has 2 aliphatic heterocycles. The van der Waals surface area contributed by atoms with Crippen LogP contribution in [0.1, 0.15) is 30.2 Å². The van der Waals surface area contributed by atoms with Gasteiger partial charge >= 0.3 is 0 Å². The Morgan fingerprint density at radius 2 is 1.90 bits per heavy atom. The van der Waals surface area contributed by atoms with Gasteiger partial charge in [0.1, 0.15) is 0 Å². The van der Waals surface area contributed by atoms with Crippen LogP contribution < -0.4 is 10.5 Å². The Bertz CT molecular complexity index is 2180. The lowest BCUT2D eigenvalue weighted by molar-refractivity contribution is -0.385. The molecule has 1 spiro atoms. The maximum Gasteiger partial charge on any atom is 0.279 e. The number of nitrogens with zero attached hydrogens (tertiary/aromatic N) is 7. The molecule has 15 heteroatoms. The third-order valence-electron chi connectivity index (χ3n) is 9.94. The van der Waals surface area contributed by atoms with Crippen LogP contribution >= 0.6 is 0 Å². The fraction of sp³-hybridized carbons (Fsp3) is 0.343. The number of hydrogen-bond donors (Lipinski definition) is 1. The van der Waals surface area contributed by atoms with Crippen molar-refractivity contribution in [1.82, 2.24) is 24.8 Å². The number of carbonyl (C=O) groups is 1. The van der Waals surface area contributed by atoms with Gasteiger partial charge in [0.15, 0.2) is 5.60 Å². The summed E-state index contributed by atoms with van der Waals surface area (Å²) in [5, 5.41) is 35.0. The quantitative estimate of drug-likeness (QED) is 0.0934. The van der Waals surface area contributed by atoms with Crippen molar-refractivity contribution in [1.29, 1.82) is 0 Å². The second-order valence-corrected chi connectivity index (χ2v) is 17.3. The number of carbonyl (C=O) groups excluding carboxylic acids is 1. The molecule has 3 aromatic carbocycles. The van der Waals surface area contributed by atoms with E-state index >= 15 is 4.11 Å². The molecule has 4 atom stereocenters. The highest BCUT2D eigenvalue weighted by atomic mass is 28.4. The molecule has 1 N–H and O–H groups in total. The first-order valence-corrected chi connectivity index (χ1v) is 19.4. The number of fused-ring (bicyclic) bond motifs is 3. The molecule has 258 valence electrons. The first-order chi connectivity index (χ1) is 23.9. The van der Waals surface area contributed by atoms with Gasteiger partial charge in [-0.3, -0.25) is 24.4 Å². The average molecular weight is 698 g/mol. The Morgan fingerprint density at radius 1 is 1.10 bits per heavy atom. The molecule has 1 amide bonds. The Morgan fingerprint density at radius 3 is 2.66 bits per heavy atom. The minimum atomic E-state index is -3.49. The summed E-state index contributed by atoms with van der Waals surface area (Å²) >= 11 is 0. The minimum absolute atomic E-state index is 0.0655. The Kier molecular flexibility index (Phi) is 8.44. The molecular formula is C35H36FN7O6Si. The van der Waals surface area contributed by atoms with Gasteiger partial charge in [-0.15, -0.1) is 5.10 Å². The van der Waals surface area contributed by atoms with Crippen molar-refractivity contribution in [3.63, 3.8) is 0 Å². The van der Waals surface area contributed by atoms with Gasteiger partial charge in [0.2, 0.25) is 8.41 Å². The molecule has 0 bridgehead atoms. The fourth-order valence-corrected chi connectivity index (χ4v) is 10.3. The maximum absolute atomic E-state index is 16.3. The predicted molar refractivity (Wildman–Crippen MR) is 185 cm³/mol. The number of amides is 1. The molecule has 0 saturated carbocycles. The van der Waals surface area contributed by atoms with Crippen molar-refractivity contribution in [3.8, 4) is 5.69 Å². The van der Waals surface area contributed by atoms with Crippen molar-refractivity contribution in [2.45, 2.75) is 63.2 Å². The van der Waals surface area contributed by atoms with Gasteiger partial charge < -0.3 is 18.9 Å². The number of halogens is 1. The number of benzene rings is 3. The summed E-state index contributed by atoms with van der Waals surface area (Å²) in [5.41, 5.74) is -0.168. The first kappa shape index (κ1) is 33.4. The van der Waals surface area contributed by atoms with E-state index in [2.05, 4.69) is 15.4 Å². The summed E-state index contributed by atoms with van der Waals surface area (Å²) < 4.78 is 26.0. The van der Waals surface area contributed by atoms with E-state index in [0.29, 0.717) is 53.0 Å². The van der Waals surface area contributed by atoms with E-state index in [0.717, 1.165) is 5.39 Å². The van der Waals surface area contributed by atoms with E-state index in [1.165, 1.54) is 21.7 Å². The topological polar surface area (TPSA) is 159 Å². The van der Waals surface area contributed by atoms with Gasteiger partial charge in [-0.1, -0.05) is 42.5 Å². The molecule has 0 radical (unpaired) electrons. The lowest BCUT2D eigenvalue weighted by Crippen LogP contribution is -2.45. The van der Waals surface area contributed by atoms with Crippen LogP contribution in [-0.4, -0.2) is 61.8 Å². The molecule has 2 aliphatic rings. The van der Waals surface area contributed by atoms with Crippen molar-refractivity contribution in [2.75, 3.05) is 11.5 Å². The van der Waals surface area contributed by atoms with Gasteiger partial charge in [-0.2, -0.15) is 9.78 Å². The fourth-order valence-electron chi connectivity index (χ4n) is 7.76. The summed E-state index contributed by atoms with van der Waals surface area (Å²) in [5.74, 6) is -1.08. The minimum Gasteiger partial charge on any atom is -0.396 e. The standard InChI is InChI=1S/C35H36FN7O6Si/c1-22-32(50(2,3)36)31(13-15-40-21-25(14-16-44)38-39-40)49-35(22)29-18-27(43(47)48)11-12-30(29)41(34(35)46)20-23-7-6-9-26(17-23)42-33(45)28-10-5-4-8-24(28)19-37-42/h4-12,17-19,21-22,31-32,44H,13-16,20H2,1-3H3/t22-,31+,32-,35+/m1/s1.